The molecule has 0 saturated carbocycles. The van der Waals surface area contributed by atoms with E-state index < -0.39 is 53.6 Å². The van der Waals surface area contributed by atoms with E-state index in [4.69, 9.17) is 20.3 Å². The molecule has 12 heteroatoms. The Kier molecular flexibility index (Phi) is 12.5. The average molecular weight is 625 g/mol. The van der Waals surface area contributed by atoms with Crippen molar-refractivity contribution in [1.29, 1.82) is 0 Å². The van der Waals surface area contributed by atoms with Crippen LogP contribution in [-0.2, 0) is 28.7 Å². The van der Waals surface area contributed by atoms with Crippen molar-refractivity contribution in [3.63, 3.8) is 0 Å². The molecular weight excluding hydrogens is 580 g/mol. The number of rotatable bonds is 15. The number of ether oxygens (including phenoxy) is 2. The van der Waals surface area contributed by atoms with Crippen LogP contribution in [0.25, 0.3) is 11.1 Å². The van der Waals surface area contributed by atoms with Gasteiger partial charge < -0.3 is 36.3 Å². The number of alkyl carbamates (subject to hydrolysis) is 1. The highest BCUT2D eigenvalue weighted by molar-refractivity contribution is 5.92. The number of nitrogens with one attached hydrogen (secondary N) is 3. The molecule has 2 aromatic rings. The highest BCUT2D eigenvalue weighted by Crippen LogP contribution is 2.44. The van der Waals surface area contributed by atoms with Gasteiger partial charge in [0.1, 0.15) is 24.3 Å². The molecule has 12 nitrogen and oxygen atoms in total. The van der Waals surface area contributed by atoms with Gasteiger partial charge in [-0.05, 0) is 75.6 Å². The van der Waals surface area contributed by atoms with Crippen molar-refractivity contribution in [2.45, 2.75) is 89.4 Å². The lowest BCUT2D eigenvalue weighted by Crippen LogP contribution is -2.54. The molecule has 0 spiro atoms. The molecule has 3 rings (SSSR count). The third kappa shape index (κ3) is 10.6. The first-order chi connectivity index (χ1) is 21.3. The van der Waals surface area contributed by atoms with Crippen LogP contribution in [0.15, 0.2) is 48.5 Å². The average Bonchev–Trinajstić information content (AvgIpc) is 3.30. The summed E-state index contributed by atoms with van der Waals surface area (Å²) in [6, 6.07) is 12.8. The number of carboxylic acid groups (broad SMARTS) is 1. The molecule has 0 unspecified atom stereocenters. The fourth-order valence-electron chi connectivity index (χ4n) is 5.04. The molecule has 0 heterocycles. The smallest absolute Gasteiger partial charge is 0.407 e. The zero-order valence-electron chi connectivity index (χ0n) is 26.3. The first-order valence-electron chi connectivity index (χ1n) is 15.2. The fourth-order valence-corrected chi connectivity index (χ4v) is 5.04. The third-order valence-electron chi connectivity index (χ3n) is 7.31. The van der Waals surface area contributed by atoms with Gasteiger partial charge in [0.2, 0.25) is 11.8 Å². The van der Waals surface area contributed by atoms with Crippen LogP contribution in [0.1, 0.15) is 76.8 Å². The monoisotopic (exact) mass is 624 g/mol. The number of unbranched alkanes of at least 4 members (excludes halogenated alkanes) is 1. The number of esters is 1. The maximum atomic E-state index is 12.8. The summed E-state index contributed by atoms with van der Waals surface area (Å²) in [7, 11) is 0. The van der Waals surface area contributed by atoms with Gasteiger partial charge in [-0.3, -0.25) is 19.2 Å². The second-order valence-corrected chi connectivity index (χ2v) is 12.1. The predicted molar refractivity (Wildman–Crippen MR) is 167 cm³/mol. The van der Waals surface area contributed by atoms with Gasteiger partial charge in [-0.1, -0.05) is 48.5 Å². The number of carbonyl (C=O) groups is 5. The van der Waals surface area contributed by atoms with Gasteiger partial charge in [-0.2, -0.15) is 0 Å². The Bertz CT molecular complexity index is 1330. The van der Waals surface area contributed by atoms with Crippen molar-refractivity contribution in [2.24, 2.45) is 5.73 Å². The zero-order valence-corrected chi connectivity index (χ0v) is 26.3. The van der Waals surface area contributed by atoms with E-state index in [9.17, 15) is 24.0 Å². The number of hydrogen-bond donors (Lipinski definition) is 5. The third-order valence-corrected chi connectivity index (χ3v) is 7.31. The van der Waals surface area contributed by atoms with Crippen molar-refractivity contribution in [1.82, 2.24) is 16.0 Å². The first-order valence-corrected chi connectivity index (χ1v) is 15.2. The van der Waals surface area contributed by atoms with Crippen molar-refractivity contribution < 1.29 is 38.6 Å². The lowest BCUT2D eigenvalue weighted by atomic mass is 9.98. The van der Waals surface area contributed by atoms with Crippen LogP contribution in [0.2, 0.25) is 0 Å². The van der Waals surface area contributed by atoms with Gasteiger partial charge in [-0.25, -0.2) is 4.79 Å². The molecule has 0 saturated heterocycles. The topological polar surface area (TPSA) is 186 Å². The summed E-state index contributed by atoms with van der Waals surface area (Å²) in [6.07, 6.45) is 0.494. The Hall–Kier alpha value is -4.45. The van der Waals surface area contributed by atoms with Crippen LogP contribution in [0.3, 0.4) is 0 Å². The van der Waals surface area contributed by atoms with E-state index in [1.807, 2.05) is 36.4 Å². The van der Waals surface area contributed by atoms with Crippen LogP contribution < -0.4 is 21.7 Å². The molecule has 3 atom stereocenters. The van der Waals surface area contributed by atoms with E-state index in [1.54, 1.807) is 20.8 Å². The molecule has 1 aliphatic carbocycles. The molecule has 6 N–H and O–H groups in total. The van der Waals surface area contributed by atoms with Crippen LogP contribution >= 0.6 is 0 Å². The molecule has 244 valence electrons. The summed E-state index contributed by atoms with van der Waals surface area (Å²) in [5.41, 5.74) is 9.87. The molecular formula is C33H44N4O8. The molecule has 0 radical (unpaired) electrons. The summed E-state index contributed by atoms with van der Waals surface area (Å²) >= 11 is 0. The van der Waals surface area contributed by atoms with Crippen LogP contribution in [0.5, 0.6) is 0 Å². The van der Waals surface area contributed by atoms with Gasteiger partial charge in [0, 0.05) is 18.9 Å². The number of hydrogen-bond acceptors (Lipinski definition) is 8. The van der Waals surface area contributed by atoms with E-state index in [0.29, 0.717) is 19.4 Å². The van der Waals surface area contributed by atoms with Gasteiger partial charge >= 0.3 is 18.0 Å². The summed E-state index contributed by atoms with van der Waals surface area (Å²) in [5, 5.41) is 16.7. The van der Waals surface area contributed by atoms with E-state index in [2.05, 4.69) is 28.1 Å². The largest absolute Gasteiger partial charge is 0.480 e. The molecule has 0 fully saturated rings. The predicted octanol–water partition coefficient (Wildman–Crippen LogP) is 3.22. The van der Waals surface area contributed by atoms with Crippen LogP contribution in [0.4, 0.5) is 4.79 Å². The Labute approximate surface area is 263 Å². The summed E-state index contributed by atoms with van der Waals surface area (Å²) < 4.78 is 10.8. The van der Waals surface area contributed by atoms with Gasteiger partial charge in [-0.15, -0.1) is 0 Å². The molecule has 0 bridgehead atoms. The summed E-state index contributed by atoms with van der Waals surface area (Å²) in [5.74, 6) is -3.21. The minimum absolute atomic E-state index is 0.0398. The Balaban J connectivity index is 1.41. The second kappa shape index (κ2) is 16.0. The second-order valence-electron chi connectivity index (χ2n) is 12.1. The maximum absolute atomic E-state index is 12.8. The molecule has 3 amide bonds. The normalized spacial score (nSPS) is 14.2. The lowest BCUT2D eigenvalue weighted by molar-refractivity contribution is -0.155. The Morgan fingerprint density at radius 2 is 1.49 bits per heavy atom. The number of carboxylic acids is 1. The number of amides is 3. The van der Waals surface area contributed by atoms with Crippen molar-refractivity contribution in [3.8, 4) is 11.1 Å². The van der Waals surface area contributed by atoms with E-state index in [-0.39, 0.29) is 31.8 Å². The SMILES string of the molecule is C[C@H](NC(=O)[C@H](CCC(=O)OC(C)(C)C)NC(=O)[C@@H](N)CCCCNC(=O)OCC1c2ccccc2-c2ccccc21)C(=O)O. The van der Waals surface area contributed by atoms with E-state index in [1.165, 1.54) is 6.92 Å². The molecule has 1 aliphatic rings. The van der Waals surface area contributed by atoms with E-state index >= 15 is 0 Å². The van der Waals surface area contributed by atoms with Gasteiger partial charge in [0.25, 0.3) is 0 Å². The standard InChI is InChI=1S/C33H44N4O8/c1-20(31(41)42)36-30(40)27(16-17-28(38)45-33(2,3)4)37-29(39)26(34)15-9-10-18-35-32(43)44-19-25-23-13-7-5-11-21(23)22-12-6-8-14-24(22)25/h5-8,11-14,20,25-27H,9-10,15-19,34H2,1-4H3,(H,35,43)(H,36,40)(H,37,39)(H,41,42)/t20-,26-,27-/m0/s1. The highest BCUT2D eigenvalue weighted by atomic mass is 16.6. The first kappa shape index (κ1) is 35.0. The minimum atomic E-state index is -1.25. The minimum Gasteiger partial charge on any atom is -0.480 e. The molecule has 45 heavy (non-hydrogen) atoms. The van der Waals surface area contributed by atoms with Gasteiger partial charge in [0.15, 0.2) is 0 Å². The maximum Gasteiger partial charge on any atom is 0.407 e. The summed E-state index contributed by atoms with van der Waals surface area (Å²) in [6.45, 7) is 6.93. The number of aliphatic carboxylic acids is 1. The molecule has 0 aliphatic heterocycles. The van der Waals surface area contributed by atoms with Crippen LogP contribution in [-0.4, -0.2) is 71.8 Å². The number of carbonyl (C=O) groups excluding carboxylic acids is 4. The molecule has 0 aromatic heterocycles. The lowest BCUT2D eigenvalue weighted by Gasteiger charge is -2.23. The Morgan fingerprint density at radius 1 is 0.889 bits per heavy atom. The fraction of sp³-hybridized carbons (Fsp3) is 0.485. The van der Waals surface area contributed by atoms with E-state index in [0.717, 1.165) is 22.3 Å². The van der Waals surface area contributed by atoms with Crippen molar-refractivity contribution in [3.05, 3.63) is 59.7 Å². The van der Waals surface area contributed by atoms with Crippen molar-refractivity contribution in [2.75, 3.05) is 13.2 Å². The zero-order chi connectivity index (χ0) is 33.1. The van der Waals surface area contributed by atoms with Crippen LogP contribution in [0, 0.1) is 0 Å². The van der Waals surface area contributed by atoms with Gasteiger partial charge in [0.05, 0.1) is 6.04 Å². The van der Waals surface area contributed by atoms with Crippen molar-refractivity contribution >= 4 is 29.8 Å². The number of nitrogens with two attached hydrogens (primary N) is 1. The quantitative estimate of drug-likeness (QED) is 0.147. The Morgan fingerprint density at radius 3 is 2.07 bits per heavy atom. The number of benzene rings is 2. The molecule has 2 aromatic carbocycles. The highest BCUT2D eigenvalue weighted by Gasteiger charge is 2.30. The summed E-state index contributed by atoms with van der Waals surface area (Å²) in [4.78, 5) is 61.2. The number of fused-ring (bicyclic) bond motifs is 3.